The molecular formula is C17H24N2. The van der Waals surface area contributed by atoms with Crippen LogP contribution in [0.3, 0.4) is 0 Å². The molecule has 0 bridgehead atoms. The van der Waals surface area contributed by atoms with Gasteiger partial charge in [0.1, 0.15) is 0 Å². The second kappa shape index (κ2) is 6.16. The van der Waals surface area contributed by atoms with Crippen LogP contribution in [-0.2, 0) is 6.54 Å². The third-order valence-electron chi connectivity index (χ3n) is 3.37. The van der Waals surface area contributed by atoms with E-state index in [1.54, 1.807) is 0 Å². The van der Waals surface area contributed by atoms with E-state index >= 15 is 0 Å². The first-order chi connectivity index (χ1) is 9.04. The standard InChI is InChI=1S/C17H24N2/c1-12(2)9-14(4)18-11-15-6-8-17-16(10-15)7-5-13(3)19-17/h5-8,10,12,14,18H,9,11H2,1-4H3. The van der Waals surface area contributed by atoms with Gasteiger partial charge in [-0.3, -0.25) is 4.98 Å². The third-order valence-corrected chi connectivity index (χ3v) is 3.37. The molecule has 1 atom stereocenters. The lowest BCUT2D eigenvalue weighted by Gasteiger charge is -2.16. The summed E-state index contributed by atoms with van der Waals surface area (Å²) >= 11 is 0. The Morgan fingerprint density at radius 3 is 2.63 bits per heavy atom. The van der Waals surface area contributed by atoms with Gasteiger partial charge >= 0.3 is 0 Å². The summed E-state index contributed by atoms with van der Waals surface area (Å²) in [6.45, 7) is 9.75. The van der Waals surface area contributed by atoms with Crippen molar-refractivity contribution in [1.82, 2.24) is 10.3 Å². The molecule has 2 heteroatoms. The van der Waals surface area contributed by atoms with Gasteiger partial charge in [0.15, 0.2) is 0 Å². The van der Waals surface area contributed by atoms with E-state index < -0.39 is 0 Å². The minimum Gasteiger partial charge on any atom is -0.310 e. The van der Waals surface area contributed by atoms with E-state index in [9.17, 15) is 0 Å². The highest BCUT2D eigenvalue weighted by molar-refractivity contribution is 5.79. The topological polar surface area (TPSA) is 24.9 Å². The van der Waals surface area contributed by atoms with Gasteiger partial charge in [0.05, 0.1) is 5.52 Å². The SMILES string of the molecule is Cc1ccc2cc(CNC(C)CC(C)C)ccc2n1. The summed E-state index contributed by atoms with van der Waals surface area (Å²) in [7, 11) is 0. The van der Waals surface area contributed by atoms with Crippen molar-refractivity contribution >= 4 is 10.9 Å². The zero-order valence-corrected chi connectivity index (χ0v) is 12.4. The van der Waals surface area contributed by atoms with Gasteiger partial charge in [0.2, 0.25) is 0 Å². The Bertz CT molecular complexity index is 546. The molecule has 0 aliphatic heterocycles. The smallest absolute Gasteiger partial charge is 0.0705 e. The van der Waals surface area contributed by atoms with Crippen molar-refractivity contribution in [2.45, 2.75) is 46.7 Å². The Morgan fingerprint density at radius 2 is 1.89 bits per heavy atom. The second-order valence-electron chi connectivity index (χ2n) is 5.89. The van der Waals surface area contributed by atoms with Crippen molar-refractivity contribution in [3.63, 3.8) is 0 Å². The molecule has 0 amide bonds. The molecule has 1 aromatic heterocycles. The number of hydrogen-bond donors (Lipinski definition) is 1. The molecule has 1 aromatic carbocycles. The van der Waals surface area contributed by atoms with Gasteiger partial charge in [-0.05, 0) is 49.9 Å². The van der Waals surface area contributed by atoms with Crippen LogP contribution in [0.5, 0.6) is 0 Å². The van der Waals surface area contributed by atoms with Gasteiger partial charge in [-0.2, -0.15) is 0 Å². The number of rotatable bonds is 5. The van der Waals surface area contributed by atoms with Gasteiger partial charge in [-0.15, -0.1) is 0 Å². The first-order valence-electron chi connectivity index (χ1n) is 7.14. The van der Waals surface area contributed by atoms with Crippen molar-refractivity contribution < 1.29 is 0 Å². The van der Waals surface area contributed by atoms with Crippen LogP contribution in [0.2, 0.25) is 0 Å². The van der Waals surface area contributed by atoms with Crippen LogP contribution < -0.4 is 5.32 Å². The number of hydrogen-bond acceptors (Lipinski definition) is 2. The van der Waals surface area contributed by atoms with Crippen molar-refractivity contribution in [2.24, 2.45) is 5.92 Å². The number of aryl methyl sites for hydroxylation is 1. The molecule has 0 spiro atoms. The van der Waals surface area contributed by atoms with E-state index in [-0.39, 0.29) is 0 Å². The van der Waals surface area contributed by atoms with E-state index in [2.05, 4.69) is 61.4 Å². The molecule has 2 rings (SSSR count). The van der Waals surface area contributed by atoms with Crippen LogP contribution in [0.1, 0.15) is 38.4 Å². The molecule has 19 heavy (non-hydrogen) atoms. The summed E-state index contributed by atoms with van der Waals surface area (Å²) < 4.78 is 0. The van der Waals surface area contributed by atoms with Crippen LogP contribution in [0.4, 0.5) is 0 Å². The van der Waals surface area contributed by atoms with Crippen molar-refractivity contribution in [1.29, 1.82) is 0 Å². The number of pyridine rings is 1. The largest absolute Gasteiger partial charge is 0.310 e. The monoisotopic (exact) mass is 256 g/mol. The number of nitrogens with one attached hydrogen (secondary N) is 1. The molecule has 0 radical (unpaired) electrons. The maximum Gasteiger partial charge on any atom is 0.0705 e. The molecule has 0 aliphatic carbocycles. The van der Waals surface area contributed by atoms with Crippen molar-refractivity contribution in [3.05, 3.63) is 41.6 Å². The Hall–Kier alpha value is -1.41. The van der Waals surface area contributed by atoms with Gasteiger partial charge in [0.25, 0.3) is 0 Å². The Labute approximate surface area is 116 Å². The van der Waals surface area contributed by atoms with E-state index in [1.807, 2.05) is 6.92 Å². The molecule has 0 aliphatic rings. The zero-order valence-electron chi connectivity index (χ0n) is 12.4. The summed E-state index contributed by atoms with van der Waals surface area (Å²) in [6, 6.07) is 11.3. The fourth-order valence-electron chi connectivity index (χ4n) is 2.47. The highest BCUT2D eigenvalue weighted by Crippen LogP contribution is 2.15. The molecule has 102 valence electrons. The normalized spacial score (nSPS) is 13.1. The third kappa shape index (κ3) is 4.03. The predicted octanol–water partition coefficient (Wildman–Crippen LogP) is 4.07. The van der Waals surface area contributed by atoms with Crippen LogP contribution in [0.25, 0.3) is 10.9 Å². The molecular weight excluding hydrogens is 232 g/mol. The molecule has 1 unspecified atom stereocenters. The fraction of sp³-hybridized carbons (Fsp3) is 0.471. The molecule has 0 saturated heterocycles. The van der Waals surface area contributed by atoms with Crippen LogP contribution in [-0.4, -0.2) is 11.0 Å². The molecule has 1 heterocycles. The van der Waals surface area contributed by atoms with Crippen molar-refractivity contribution in [2.75, 3.05) is 0 Å². The lowest BCUT2D eigenvalue weighted by Crippen LogP contribution is -2.26. The predicted molar refractivity (Wildman–Crippen MR) is 82.2 cm³/mol. The lowest BCUT2D eigenvalue weighted by molar-refractivity contribution is 0.441. The van der Waals surface area contributed by atoms with Crippen molar-refractivity contribution in [3.8, 4) is 0 Å². The van der Waals surface area contributed by atoms with Crippen LogP contribution in [0, 0.1) is 12.8 Å². The van der Waals surface area contributed by atoms with Crippen LogP contribution in [0.15, 0.2) is 30.3 Å². The molecule has 0 saturated carbocycles. The summed E-state index contributed by atoms with van der Waals surface area (Å²) in [6.07, 6.45) is 1.22. The van der Waals surface area contributed by atoms with E-state index in [0.717, 1.165) is 23.7 Å². The Kier molecular flexibility index (Phi) is 4.54. The zero-order chi connectivity index (χ0) is 13.8. The maximum atomic E-state index is 4.53. The summed E-state index contributed by atoms with van der Waals surface area (Å²) in [5, 5.41) is 4.81. The van der Waals surface area contributed by atoms with Gasteiger partial charge in [-0.25, -0.2) is 0 Å². The minimum atomic E-state index is 0.562. The van der Waals surface area contributed by atoms with E-state index in [4.69, 9.17) is 0 Å². The number of nitrogens with zero attached hydrogens (tertiary/aromatic N) is 1. The Balaban J connectivity index is 2.03. The average molecular weight is 256 g/mol. The summed E-state index contributed by atoms with van der Waals surface area (Å²) in [5.74, 6) is 0.742. The maximum absolute atomic E-state index is 4.53. The molecule has 0 fully saturated rings. The van der Waals surface area contributed by atoms with E-state index in [1.165, 1.54) is 17.4 Å². The molecule has 2 aromatic rings. The van der Waals surface area contributed by atoms with Gasteiger partial charge < -0.3 is 5.32 Å². The number of aromatic nitrogens is 1. The summed E-state index contributed by atoms with van der Waals surface area (Å²) in [5.41, 5.74) is 3.48. The van der Waals surface area contributed by atoms with Gasteiger partial charge in [0, 0.05) is 23.7 Å². The highest BCUT2D eigenvalue weighted by atomic mass is 14.9. The summed E-state index contributed by atoms with van der Waals surface area (Å²) in [4.78, 5) is 4.53. The first-order valence-corrected chi connectivity index (χ1v) is 7.14. The Morgan fingerprint density at radius 1 is 1.11 bits per heavy atom. The number of benzene rings is 1. The quantitative estimate of drug-likeness (QED) is 0.872. The average Bonchev–Trinajstić information content (AvgIpc) is 2.35. The first kappa shape index (κ1) is 14.0. The second-order valence-corrected chi connectivity index (χ2v) is 5.89. The molecule has 2 nitrogen and oxygen atoms in total. The van der Waals surface area contributed by atoms with Gasteiger partial charge in [-0.1, -0.05) is 26.0 Å². The number of fused-ring (bicyclic) bond motifs is 1. The van der Waals surface area contributed by atoms with E-state index in [0.29, 0.717) is 6.04 Å². The fourth-order valence-corrected chi connectivity index (χ4v) is 2.47. The minimum absolute atomic E-state index is 0.562. The lowest BCUT2D eigenvalue weighted by atomic mass is 10.0. The highest BCUT2D eigenvalue weighted by Gasteiger charge is 2.05. The van der Waals surface area contributed by atoms with Crippen LogP contribution >= 0.6 is 0 Å². The molecule has 1 N–H and O–H groups in total.